The molecule has 1 amide bonds. The zero-order chi connectivity index (χ0) is 13.7. The van der Waals surface area contributed by atoms with Crippen LogP contribution in [0.15, 0.2) is 40.8 Å². The number of benzene rings is 1. The molecule has 1 aromatic heterocycles. The summed E-state index contributed by atoms with van der Waals surface area (Å²) >= 11 is 0. The Morgan fingerprint density at radius 3 is 2.37 bits per heavy atom. The predicted molar refractivity (Wildman–Crippen MR) is 75.2 cm³/mol. The van der Waals surface area contributed by atoms with E-state index in [2.05, 4.69) is 17.6 Å². The summed E-state index contributed by atoms with van der Waals surface area (Å²) in [4.78, 5) is 11.4. The summed E-state index contributed by atoms with van der Waals surface area (Å²) in [6.45, 7) is 2.70. The van der Waals surface area contributed by atoms with Gasteiger partial charge in [0.05, 0.1) is 6.54 Å². The second-order valence-corrected chi connectivity index (χ2v) is 4.23. The molecule has 1 heterocycles. The minimum atomic E-state index is -0.0785. The van der Waals surface area contributed by atoms with E-state index in [0.29, 0.717) is 12.1 Å². The van der Waals surface area contributed by atoms with E-state index in [1.807, 2.05) is 24.3 Å². The molecule has 0 aliphatic carbocycles. The number of hydrogen-bond acceptors (Lipinski definition) is 3. The van der Waals surface area contributed by atoms with Gasteiger partial charge in [-0.1, -0.05) is 6.92 Å². The van der Waals surface area contributed by atoms with Crippen molar-refractivity contribution >= 4 is 11.6 Å². The molecule has 0 spiro atoms. The number of nitrogens with one attached hydrogen (secondary N) is 2. The summed E-state index contributed by atoms with van der Waals surface area (Å²) in [5.74, 6) is 1.82. The number of hydrogen-bond donors (Lipinski definition) is 2. The van der Waals surface area contributed by atoms with Crippen molar-refractivity contribution in [2.45, 2.75) is 19.9 Å². The average molecular weight is 258 g/mol. The lowest BCUT2D eigenvalue weighted by molar-refractivity contribution is 0.0963. The Balaban J connectivity index is 1.94. The quantitative estimate of drug-likeness (QED) is 0.867. The van der Waals surface area contributed by atoms with E-state index in [4.69, 9.17) is 4.42 Å². The second kappa shape index (κ2) is 6.09. The molecule has 4 heteroatoms. The third kappa shape index (κ3) is 3.37. The summed E-state index contributed by atoms with van der Waals surface area (Å²) in [6.07, 6.45) is 0.904. The van der Waals surface area contributed by atoms with Gasteiger partial charge < -0.3 is 15.1 Å². The molecule has 0 aliphatic heterocycles. The van der Waals surface area contributed by atoms with Crippen molar-refractivity contribution < 1.29 is 9.21 Å². The largest absolute Gasteiger partial charge is 0.464 e. The number of furan rings is 1. The van der Waals surface area contributed by atoms with Gasteiger partial charge in [0.1, 0.15) is 11.5 Å². The van der Waals surface area contributed by atoms with Crippen molar-refractivity contribution in [3.63, 3.8) is 0 Å². The molecule has 0 saturated carbocycles. The summed E-state index contributed by atoms with van der Waals surface area (Å²) < 4.78 is 5.61. The first-order chi connectivity index (χ1) is 9.22. The van der Waals surface area contributed by atoms with E-state index >= 15 is 0 Å². The molecular weight excluding hydrogens is 240 g/mol. The van der Waals surface area contributed by atoms with Crippen LogP contribution in [0.5, 0.6) is 0 Å². The van der Waals surface area contributed by atoms with Crippen LogP contribution in [0.1, 0.15) is 28.8 Å². The maximum Gasteiger partial charge on any atom is 0.251 e. The highest BCUT2D eigenvalue weighted by Gasteiger charge is 2.03. The van der Waals surface area contributed by atoms with Crippen molar-refractivity contribution in [2.75, 3.05) is 12.4 Å². The Morgan fingerprint density at radius 1 is 1.11 bits per heavy atom. The first-order valence-electron chi connectivity index (χ1n) is 6.36. The van der Waals surface area contributed by atoms with E-state index in [-0.39, 0.29) is 5.91 Å². The molecule has 0 fully saturated rings. The molecule has 0 aliphatic rings. The third-order valence-electron chi connectivity index (χ3n) is 2.91. The van der Waals surface area contributed by atoms with Crippen molar-refractivity contribution in [1.82, 2.24) is 5.32 Å². The topological polar surface area (TPSA) is 54.3 Å². The summed E-state index contributed by atoms with van der Waals surface area (Å²) in [5.41, 5.74) is 1.61. The number of carbonyl (C=O) groups excluding carboxylic acids is 1. The SMILES string of the molecule is CCc1ccc(CNc2ccc(C(=O)NC)cc2)o1. The maximum absolute atomic E-state index is 11.4. The fraction of sp³-hybridized carbons (Fsp3) is 0.267. The Hall–Kier alpha value is -2.23. The van der Waals surface area contributed by atoms with Gasteiger partial charge in [-0.25, -0.2) is 0 Å². The van der Waals surface area contributed by atoms with Crippen LogP contribution in [0.25, 0.3) is 0 Å². The van der Waals surface area contributed by atoms with Crippen LogP contribution in [-0.4, -0.2) is 13.0 Å². The van der Waals surface area contributed by atoms with Crippen LogP contribution in [0.3, 0.4) is 0 Å². The molecule has 0 unspecified atom stereocenters. The fourth-order valence-electron chi connectivity index (χ4n) is 1.78. The van der Waals surface area contributed by atoms with Crippen molar-refractivity contribution in [3.8, 4) is 0 Å². The van der Waals surface area contributed by atoms with Gasteiger partial charge in [0, 0.05) is 24.7 Å². The molecular formula is C15H18N2O2. The van der Waals surface area contributed by atoms with E-state index in [1.54, 1.807) is 19.2 Å². The lowest BCUT2D eigenvalue weighted by atomic mass is 10.2. The Labute approximate surface area is 112 Å². The minimum absolute atomic E-state index is 0.0785. The smallest absolute Gasteiger partial charge is 0.251 e. The molecule has 0 saturated heterocycles. The van der Waals surface area contributed by atoms with Gasteiger partial charge in [-0.15, -0.1) is 0 Å². The van der Waals surface area contributed by atoms with Gasteiger partial charge >= 0.3 is 0 Å². The summed E-state index contributed by atoms with van der Waals surface area (Å²) in [7, 11) is 1.62. The zero-order valence-electron chi connectivity index (χ0n) is 11.2. The van der Waals surface area contributed by atoms with Crippen LogP contribution in [0, 0.1) is 0 Å². The molecule has 0 atom stereocenters. The molecule has 0 radical (unpaired) electrons. The monoisotopic (exact) mass is 258 g/mol. The minimum Gasteiger partial charge on any atom is -0.464 e. The van der Waals surface area contributed by atoms with E-state index < -0.39 is 0 Å². The Morgan fingerprint density at radius 2 is 1.79 bits per heavy atom. The maximum atomic E-state index is 11.4. The third-order valence-corrected chi connectivity index (χ3v) is 2.91. The van der Waals surface area contributed by atoms with Gasteiger partial charge in [-0.3, -0.25) is 4.79 Å². The molecule has 2 N–H and O–H groups in total. The van der Waals surface area contributed by atoms with Crippen molar-refractivity contribution in [3.05, 3.63) is 53.5 Å². The summed E-state index contributed by atoms with van der Waals surface area (Å²) in [5, 5.41) is 5.85. The molecule has 100 valence electrons. The van der Waals surface area contributed by atoms with Crippen molar-refractivity contribution in [2.24, 2.45) is 0 Å². The van der Waals surface area contributed by atoms with Crippen LogP contribution in [0.4, 0.5) is 5.69 Å². The number of aryl methyl sites for hydroxylation is 1. The van der Waals surface area contributed by atoms with Crippen LogP contribution in [0.2, 0.25) is 0 Å². The fourth-order valence-corrected chi connectivity index (χ4v) is 1.78. The van der Waals surface area contributed by atoms with Gasteiger partial charge in [-0.05, 0) is 36.4 Å². The van der Waals surface area contributed by atoms with Crippen LogP contribution < -0.4 is 10.6 Å². The number of rotatable bonds is 5. The van der Waals surface area contributed by atoms with Gasteiger partial charge in [0.25, 0.3) is 5.91 Å². The lowest BCUT2D eigenvalue weighted by Crippen LogP contribution is -2.17. The predicted octanol–water partition coefficient (Wildman–Crippen LogP) is 2.81. The van der Waals surface area contributed by atoms with Crippen LogP contribution >= 0.6 is 0 Å². The zero-order valence-corrected chi connectivity index (χ0v) is 11.2. The highest BCUT2D eigenvalue weighted by molar-refractivity contribution is 5.94. The Kier molecular flexibility index (Phi) is 4.23. The molecule has 0 bridgehead atoms. The Bertz CT molecular complexity index is 544. The number of carbonyl (C=O) groups is 1. The van der Waals surface area contributed by atoms with E-state index in [9.17, 15) is 4.79 Å². The molecule has 4 nitrogen and oxygen atoms in total. The number of amides is 1. The molecule has 2 rings (SSSR count). The first kappa shape index (κ1) is 13.2. The van der Waals surface area contributed by atoms with Gasteiger partial charge in [-0.2, -0.15) is 0 Å². The standard InChI is InChI=1S/C15H18N2O2/c1-3-13-8-9-14(19-13)10-17-12-6-4-11(5-7-12)15(18)16-2/h4-9,17H,3,10H2,1-2H3,(H,16,18). The summed E-state index contributed by atoms with van der Waals surface area (Å²) in [6, 6.07) is 11.3. The van der Waals surface area contributed by atoms with Crippen molar-refractivity contribution in [1.29, 1.82) is 0 Å². The van der Waals surface area contributed by atoms with E-state index in [0.717, 1.165) is 23.6 Å². The highest BCUT2D eigenvalue weighted by Crippen LogP contribution is 2.13. The van der Waals surface area contributed by atoms with E-state index in [1.165, 1.54) is 0 Å². The second-order valence-electron chi connectivity index (χ2n) is 4.23. The molecule has 19 heavy (non-hydrogen) atoms. The lowest BCUT2D eigenvalue weighted by Gasteiger charge is -2.05. The van der Waals surface area contributed by atoms with Gasteiger partial charge in [0.15, 0.2) is 0 Å². The average Bonchev–Trinajstić information content (AvgIpc) is 2.93. The molecule has 2 aromatic rings. The highest BCUT2D eigenvalue weighted by atomic mass is 16.3. The number of anilines is 1. The first-order valence-corrected chi connectivity index (χ1v) is 6.36. The normalized spacial score (nSPS) is 10.2. The molecule has 1 aromatic carbocycles. The van der Waals surface area contributed by atoms with Crippen LogP contribution in [-0.2, 0) is 13.0 Å². The van der Waals surface area contributed by atoms with Gasteiger partial charge in [0.2, 0.25) is 0 Å².